The molecule has 0 unspecified atom stereocenters. The van der Waals surface area contributed by atoms with E-state index in [0.717, 1.165) is 48.7 Å². The summed E-state index contributed by atoms with van der Waals surface area (Å²) in [5, 5.41) is 15.2. The largest absolute Gasteiger partial charge is 0.497 e. The molecule has 0 bridgehead atoms. The molecule has 0 spiro atoms. The highest BCUT2D eigenvalue weighted by Crippen LogP contribution is 2.12. The molecule has 2 aromatic heterocycles. The van der Waals surface area contributed by atoms with E-state index in [1.54, 1.807) is 19.5 Å². The first-order chi connectivity index (χ1) is 12.8. The lowest BCUT2D eigenvalue weighted by atomic mass is 10.2. The Hall–Kier alpha value is -2.93. The van der Waals surface area contributed by atoms with Crippen LogP contribution in [0.2, 0.25) is 0 Å². The molecule has 0 saturated carbocycles. The molecule has 3 aromatic rings. The van der Waals surface area contributed by atoms with Gasteiger partial charge in [0.2, 0.25) is 0 Å². The second-order valence-corrected chi connectivity index (χ2v) is 5.95. The summed E-state index contributed by atoms with van der Waals surface area (Å²) < 4.78 is 7.02. The summed E-state index contributed by atoms with van der Waals surface area (Å²) in [6.07, 6.45) is 6.58. The zero-order valence-electron chi connectivity index (χ0n) is 14.9. The van der Waals surface area contributed by atoms with E-state index in [0.29, 0.717) is 6.54 Å². The fourth-order valence-electron chi connectivity index (χ4n) is 2.55. The highest BCUT2D eigenvalue weighted by Gasteiger charge is 2.02. The van der Waals surface area contributed by atoms with Crippen LogP contribution in [0, 0.1) is 0 Å². The van der Waals surface area contributed by atoms with Gasteiger partial charge in [-0.15, -0.1) is 5.10 Å². The van der Waals surface area contributed by atoms with Crippen LogP contribution >= 0.6 is 0 Å². The molecule has 0 radical (unpaired) electrons. The van der Waals surface area contributed by atoms with Gasteiger partial charge in [-0.1, -0.05) is 17.3 Å². The average Bonchev–Trinajstić information content (AvgIpc) is 3.13. The lowest BCUT2D eigenvalue weighted by Gasteiger charge is -2.06. The van der Waals surface area contributed by atoms with E-state index in [1.807, 2.05) is 47.3 Å². The second kappa shape index (κ2) is 9.53. The molecule has 0 aliphatic heterocycles. The van der Waals surface area contributed by atoms with Crippen molar-refractivity contribution in [3.05, 3.63) is 66.2 Å². The van der Waals surface area contributed by atoms with Crippen molar-refractivity contribution in [3.8, 4) is 5.75 Å². The number of rotatable bonds is 10. The Balaban J connectivity index is 1.34. The number of pyridine rings is 1. The van der Waals surface area contributed by atoms with E-state index in [1.165, 1.54) is 0 Å². The van der Waals surface area contributed by atoms with Gasteiger partial charge in [-0.25, -0.2) is 4.68 Å². The number of hydrogen-bond donors (Lipinski definition) is 2. The Morgan fingerprint density at radius 1 is 1.04 bits per heavy atom. The summed E-state index contributed by atoms with van der Waals surface area (Å²) in [7, 11) is 1.67. The number of nitrogens with zero attached hydrogens (tertiary/aromatic N) is 4. The molecule has 0 aliphatic carbocycles. The second-order valence-electron chi connectivity index (χ2n) is 5.95. The van der Waals surface area contributed by atoms with E-state index < -0.39 is 0 Å². The predicted molar refractivity (Wildman–Crippen MR) is 101 cm³/mol. The van der Waals surface area contributed by atoms with E-state index in [2.05, 4.69) is 25.9 Å². The fraction of sp³-hybridized carbons (Fsp3) is 0.316. The van der Waals surface area contributed by atoms with Gasteiger partial charge in [0.05, 0.1) is 25.5 Å². The third-order valence-corrected chi connectivity index (χ3v) is 3.94. The van der Waals surface area contributed by atoms with Gasteiger partial charge in [0.1, 0.15) is 5.75 Å². The van der Waals surface area contributed by atoms with Crippen molar-refractivity contribution >= 4 is 5.69 Å². The van der Waals surface area contributed by atoms with Crippen molar-refractivity contribution in [1.82, 2.24) is 25.3 Å². The Kier molecular flexibility index (Phi) is 6.55. The minimum atomic E-state index is 0.701. The number of hydrogen-bond acceptors (Lipinski definition) is 6. The molecule has 7 heteroatoms. The number of nitrogens with one attached hydrogen (secondary N) is 2. The number of benzene rings is 1. The van der Waals surface area contributed by atoms with Crippen LogP contribution in [0.5, 0.6) is 5.75 Å². The van der Waals surface area contributed by atoms with Crippen molar-refractivity contribution < 1.29 is 4.74 Å². The van der Waals surface area contributed by atoms with Crippen LogP contribution in [-0.4, -0.2) is 40.2 Å². The summed E-state index contributed by atoms with van der Waals surface area (Å²) in [5.74, 6) is 0.857. The van der Waals surface area contributed by atoms with Crippen molar-refractivity contribution in [2.24, 2.45) is 0 Å². The maximum absolute atomic E-state index is 5.17. The standard InChI is InChI=1S/C19H24N6O/c1-26-19-5-3-16(4-6-19)14-25-15-18(23-24-25)13-21-9-2-10-22-17-7-11-20-12-8-17/h3-8,11-12,15,21H,2,9-10,13-14H2,1H3,(H,20,22). The first-order valence-corrected chi connectivity index (χ1v) is 8.70. The van der Waals surface area contributed by atoms with Crippen molar-refractivity contribution in [2.45, 2.75) is 19.5 Å². The molecule has 0 atom stereocenters. The smallest absolute Gasteiger partial charge is 0.118 e. The van der Waals surface area contributed by atoms with Gasteiger partial charge in [0.15, 0.2) is 0 Å². The highest BCUT2D eigenvalue weighted by atomic mass is 16.5. The molecule has 0 aliphatic rings. The minimum Gasteiger partial charge on any atom is -0.497 e. The summed E-state index contributed by atoms with van der Waals surface area (Å²) in [5.41, 5.74) is 3.21. The van der Waals surface area contributed by atoms with Crippen molar-refractivity contribution in [1.29, 1.82) is 0 Å². The van der Waals surface area contributed by atoms with Crippen LogP contribution in [0.25, 0.3) is 0 Å². The summed E-state index contributed by atoms with van der Waals surface area (Å²) in [6, 6.07) is 11.9. The summed E-state index contributed by atoms with van der Waals surface area (Å²) in [6.45, 7) is 3.26. The fourth-order valence-corrected chi connectivity index (χ4v) is 2.55. The van der Waals surface area contributed by atoms with E-state index in [9.17, 15) is 0 Å². The number of anilines is 1. The molecule has 0 saturated heterocycles. The van der Waals surface area contributed by atoms with Gasteiger partial charge in [-0.3, -0.25) is 4.98 Å². The number of ether oxygens (including phenoxy) is 1. The normalized spacial score (nSPS) is 10.7. The minimum absolute atomic E-state index is 0.701. The Morgan fingerprint density at radius 3 is 2.62 bits per heavy atom. The lowest BCUT2D eigenvalue weighted by Crippen LogP contribution is -2.17. The zero-order chi connectivity index (χ0) is 18.0. The van der Waals surface area contributed by atoms with Crippen LogP contribution in [0.15, 0.2) is 55.0 Å². The molecule has 0 amide bonds. The summed E-state index contributed by atoms with van der Waals surface area (Å²) in [4.78, 5) is 4.00. The van der Waals surface area contributed by atoms with Gasteiger partial charge in [0, 0.05) is 31.2 Å². The molecule has 136 valence electrons. The number of aromatic nitrogens is 4. The summed E-state index contributed by atoms with van der Waals surface area (Å²) >= 11 is 0. The molecule has 3 rings (SSSR count). The lowest BCUT2D eigenvalue weighted by molar-refractivity contribution is 0.414. The van der Waals surface area contributed by atoms with Gasteiger partial charge in [0.25, 0.3) is 0 Å². The van der Waals surface area contributed by atoms with E-state index in [-0.39, 0.29) is 0 Å². The third kappa shape index (κ3) is 5.56. The Morgan fingerprint density at radius 2 is 1.85 bits per heavy atom. The first kappa shape index (κ1) is 17.9. The number of methoxy groups -OCH3 is 1. The Bertz CT molecular complexity index is 772. The van der Waals surface area contributed by atoms with Crippen LogP contribution in [0.1, 0.15) is 17.7 Å². The first-order valence-electron chi connectivity index (χ1n) is 8.70. The quantitative estimate of drug-likeness (QED) is 0.545. The van der Waals surface area contributed by atoms with Gasteiger partial charge < -0.3 is 15.4 Å². The third-order valence-electron chi connectivity index (χ3n) is 3.94. The van der Waals surface area contributed by atoms with Gasteiger partial charge >= 0.3 is 0 Å². The van der Waals surface area contributed by atoms with Gasteiger partial charge in [-0.2, -0.15) is 0 Å². The monoisotopic (exact) mass is 352 g/mol. The van der Waals surface area contributed by atoms with Crippen molar-refractivity contribution in [2.75, 3.05) is 25.5 Å². The van der Waals surface area contributed by atoms with Crippen LogP contribution in [0.4, 0.5) is 5.69 Å². The average molecular weight is 352 g/mol. The molecule has 2 N–H and O–H groups in total. The molecule has 26 heavy (non-hydrogen) atoms. The van der Waals surface area contributed by atoms with Crippen molar-refractivity contribution in [3.63, 3.8) is 0 Å². The molecule has 2 heterocycles. The molecule has 7 nitrogen and oxygen atoms in total. The van der Waals surface area contributed by atoms with Gasteiger partial charge in [-0.05, 0) is 42.8 Å². The van der Waals surface area contributed by atoms with Crippen LogP contribution in [0.3, 0.4) is 0 Å². The topological polar surface area (TPSA) is 76.9 Å². The van der Waals surface area contributed by atoms with Crippen LogP contribution in [-0.2, 0) is 13.1 Å². The zero-order valence-corrected chi connectivity index (χ0v) is 14.9. The van der Waals surface area contributed by atoms with Crippen LogP contribution < -0.4 is 15.4 Å². The molecule has 0 fully saturated rings. The SMILES string of the molecule is COc1ccc(Cn2cc(CNCCCNc3ccncc3)nn2)cc1. The Labute approximate surface area is 153 Å². The molecular weight excluding hydrogens is 328 g/mol. The predicted octanol–water partition coefficient (Wildman–Crippen LogP) is 2.32. The highest BCUT2D eigenvalue weighted by molar-refractivity contribution is 5.40. The van der Waals surface area contributed by atoms with E-state index in [4.69, 9.17) is 4.74 Å². The molecular formula is C19H24N6O. The maximum atomic E-state index is 5.17. The maximum Gasteiger partial charge on any atom is 0.118 e. The van der Waals surface area contributed by atoms with E-state index >= 15 is 0 Å². The molecule has 1 aromatic carbocycles.